The van der Waals surface area contributed by atoms with E-state index in [1.807, 2.05) is 42.7 Å². The van der Waals surface area contributed by atoms with Gasteiger partial charge in [0.05, 0.1) is 25.9 Å². The Morgan fingerprint density at radius 2 is 1.87 bits per heavy atom. The molecule has 38 heavy (non-hydrogen) atoms. The van der Waals surface area contributed by atoms with Crippen LogP contribution in [0.3, 0.4) is 0 Å². The number of hydrogen-bond donors (Lipinski definition) is 3. The van der Waals surface area contributed by atoms with Gasteiger partial charge in [-0.2, -0.15) is 5.10 Å². The zero-order chi connectivity index (χ0) is 25.5. The topological polar surface area (TPSA) is 108 Å². The molecule has 0 bridgehead atoms. The molecule has 0 unspecified atom stereocenters. The second-order valence-corrected chi connectivity index (χ2v) is 11.5. The molecule has 3 N–H and O–H groups in total. The summed E-state index contributed by atoms with van der Waals surface area (Å²) < 4.78 is 0.716. The van der Waals surface area contributed by atoms with Gasteiger partial charge >= 0.3 is 0 Å². The summed E-state index contributed by atoms with van der Waals surface area (Å²) in [6.07, 6.45) is 11.0. The highest BCUT2D eigenvalue weighted by molar-refractivity contribution is 7.19. The molecule has 1 fully saturated rings. The number of imidazole rings is 1. The number of nitrogens with one attached hydrogen (secondary N) is 3. The fourth-order valence-electron chi connectivity index (χ4n) is 5.25. The highest BCUT2D eigenvalue weighted by atomic mass is 35.5. The van der Waals surface area contributed by atoms with Gasteiger partial charge in [-0.05, 0) is 67.3 Å². The lowest BCUT2D eigenvalue weighted by Crippen LogP contribution is -2.20. The number of halogens is 1. The van der Waals surface area contributed by atoms with E-state index in [0.717, 1.165) is 68.5 Å². The van der Waals surface area contributed by atoms with Gasteiger partial charge in [-0.25, -0.2) is 9.97 Å². The minimum absolute atomic E-state index is 0.635. The van der Waals surface area contributed by atoms with Gasteiger partial charge in [-0.1, -0.05) is 24.4 Å². The van der Waals surface area contributed by atoms with E-state index in [-0.39, 0.29) is 0 Å². The molecule has 7 rings (SSSR count). The Morgan fingerprint density at radius 3 is 2.74 bits per heavy atom. The van der Waals surface area contributed by atoms with Crippen molar-refractivity contribution in [1.82, 2.24) is 40.4 Å². The lowest BCUT2D eigenvalue weighted by molar-refractivity contribution is 0.489. The molecular weight excluding hydrogens is 516 g/mol. The van der Waals surface area contributed by atoms with Gasteiger partial charge < -0.3 is 10.3 Å². The van der Waals surface area contributed by atoms with Crippen molar-refractivity contribution in [2.24, 2.45) is 5.92 Å². The minimum Gasteiger partial charge on any atom is -0.336 e. The van der Waals surface area contributed by atoms with E-state index < -0.39 is 0 Å². The number of pyridine rings is 3. The summed E-state index contributed by atoms with van der Waals surface area (Å²) in [5, 5.41) is 11.3. The monoisotopic (exact) mass is 540 g/mol. The Kier molecular flexibility index (Phi) is 6.11. The average molecular weight is 541 g/mol. The van der Waals surface area contributed by atoms with Gasteiger partial charge in [0.1, 0.15) is 16.7 Å². The Labute approximate surface area is 227 Å². The first kappa shape index (κ1) is 23.5. The van der Waals surface area contributed by atoms with E-state index in [0.29, 0.717) is 15.9 Å². The van der Waals surface area contributed by atoms with Crippen molar-refractivity contribution in [2.45, 2.75) is 32.2 Å². The van der Waals surface area contributed by atoms with Crippen LogP contribution in [0.1, 0.15) is 31.2 Å². The molecule has 190 valence electrons. The van der Waals surface area contributed by atoms with Crippen LogP contribution in [0.5, 0.6) is 0 Å². The van der Waals surface area contributed by atoms with Crippen LogP contribution in [-0.4, -0.2) is 41.7 Å². The average Bonchev–Trinajstić information content (AvgIpc) is 3.74. The highest BCUT2D eigenvalue weighted by Gasteiger charge is 2.18. The number of H-pyrrole nitrogens is 2. The number of hydrogen-bond acceptors (Lipinski definition) is 7. The molecule has 1 saturated carbocycles. The highest BCUT2D eigenvalue weighted by Crippen LogP contribution is 2.35. The molecular formula is C28H25ClN8S. The van der Waals surface area contributed by atoms with Crippen LogP contribution in [0.4, 0.5) is 0 Å². The second-order valence-electron chi connectivity index (χ2n) is 9.77. The van der Waals surface area contributed by atoms with E-state index in [9.17, 15) is 0 Å². The van der Waals surface area contributed by atoms with Gasteiger partial charge in [0.25, 0.3) is 0 Å². The Hall–Kier alpha value is -3.66. The normalized spacial score (nSPS) is 14.2. The predicted octanol–water partition coefficient (Wildman–Crippen LogP) is 6.62. The van der Waals surface area contributed by atoms with E-state index in [4.69, 9.17) is 21.6 Å². The van der Waals surface area contributed by atoms with E-state index in [1.54, 1.807) is 6.20 Å². The summed E-state index contributed by atoms with van der Waals surface area (Å²) in [4.78, 5) is 23.3. The first-order valence-corrected chi connectivity index (χ1v) is 14.0. The first-order valence-electron chi connectivity index (χ1n) is 12.8. The molecule has 6 aromatic heterocycles. The number of aromatic amines is 2. The molecule has 10 heteroatoms. The third-order valence-corrected chi connectivity index (χ3v) is 8.40. The van der Waals surface area contributed by atoms with E-state index >= 15 is 0 Å². The number of thiophene rings is 1. The predicted molar refractivity (Wildman–Crippen MR) is 152 cm³/mol. The summed E-state index contributed by atoms with van der Waals surface area (Å²) in [6, 6.07) is 11.9. The fraction of sp³-hybridized carbons (Fsp3) is 0.250. The molecule has 0 radical (unpaired) electrons. The first-order chi connectivity index (χ1) is 18.7. The summed E-state index contributed by atoms with van der Waals surface area (Å²) in [7, 11) is 0. The van der Waals surface area contributed by atoms with Crippen LogP contribution in [0, 0.1) is 5.92 Å². The Bertz CT molecular complexity index is 1750. The summed E-state index contributed by atoms with van der Waals surface area (Å²) in [6.45, 7) is 1.88. The molecule has 0 atom stereocenters. The Balaban J connectivity index is 1.20. The minimum atomic E-state index is 0.635. The van der Waals surface area contributed by atoms with Crippen molar-refractivity contribution >= 4 is 45.0 Å². The van der Waals surface area contributed by atoms with Crippen LogP contribution in [-0.2, 0) is 6.54 Å². The molecule has 0 amide bonds. The van der Waals surface area contributed by atoms with Crippen molar-refractivity contribution in [1.29, 1.82) is 0 Å². The zero-order valence-electron chi connectivity index (χ0n) is 20.5. The smallest absolute Gasteiger partial charge is 0.161 e. The molecule has 8 nitrogen and oxygen atoms in total. The molecule has 0 spiro atoms. The maximum atomic E-state index is 6.17. The molecule has 0 aromatic carbocycles. The quantitative estimate of drug-likeness (QED) is 0.210. The largest absolute Gasteiger partial charge is 0.336 e. The molecule has 1 aliphatic rings. The number of nitrogens with zero attached hydrogens (tertiary/aromatic N) is 5. The molecule has 0 saturated heterocycles. The van der Waals surface area contributed by atoms with Crippen LogP contribution in [0.2, 0.25) is 4.34 Å². The van der Waals surface area contributed by atoms with E-state index in [2.05, 4.69) is 36.5 Å². The summed E-state index contributed by atoms with van der Waals surface area (Å²) >= 11 is 7.65. The van der Waals surface area contributed by atoms with Crippen molar-refractivity contribution < 1.29 is 0 Å². The molecule has 0 aliphatic heterocycles. The van der Waals surface area contributed by atoms with Crippen LogP contribution < -0.4 is 5.32 Å². The second kappa shape index (κ2) is 9.90. The van der Waals surface area contributed by atoms with Gasteiger partial charge in [-0.3, -0.25) is 15.1 Å². The standard InChI is InChI=1S/C28H25ClN8S/c29-23-8-7-22(38-23)26-24-20(9-10-32-26)34-28(35-24)27-25-21(36-37-27)6-5-19(33-25)18-11-17(14-31-15-18)13-30-12-16-3-1-2-4-16/h5-11,14-16,30H,1-4,12-13H2,(H,34,35)(H,36,37). The lowest BCUT2D eigenvalue weighted by atomic mass is 10.1. The van der Waals surface area contributed by atoms with E-state index in [1.165, 1.54) is 37.0 Å². The van der Waals surface area contributed by atoms with Gasteiger partial charge in [0.15, 0.2) is 11.5 Å². The number of fused-ring (bicyclic) bond motifs is 2. The van der Waals surface area contributed by atoms with Crippen LogP contribution >= 0.6 is 22.9 Å². The van der Waals surface area contributed by atoms with Crippen molar-refractivity contribution in [3.8, 4) is 33.3 Å². The lowest BCUT2D eigenvalue weighted by Gasteiger charge is -2.11. The van der Waals surface area contributed by atoms with Crippen LogP contribution in [0.25, 0.3) is 55.4 Å². The third kappa shape index (κ3) is 4.47. The van der Waals surface area contributed by atoms with Crippen LogP contribution in [0.15, 0.2) is 55.0 Å². The number of rotatable bonds is 7. The van der Waals surface area contributed by atoms with Gasteiger partial charge in [-0.15, -0.1) is 11.3 Å². The van der Waals surface area contributed by atoms with Crippen molar-refractivity contribution in [2.75, 3.05) is 6.54 Å². The van der Waals surface area contributed by atoms with Gasteiger partial charge in [0, 0.05) is 30.7 Å². The van der Waals surface area contributed by atoms with Crippen molar-refractivity contribution in [3.05, 3.63) is 64.9 Å². The van der Waals surface area contributed by atoms with Gasteiger partial charge in [0.2, 0.25) is 0 Å². The summed E-state index contributed by atoms with van der Waals surface area (Å²) in [5.74, 6) is 1.44. The Morgan fingerprint density at radius 1 is 0.974 bits per heavy atom. The third-order valence-electron chi connectivity index (χ3n) is 7.17. The maximum Gasteiger partial charge on any atom is 0.161 e. The molecule has 1 aliphatic carbocycles. The maximum absolute atomic E-state index is 6.17. The number of aromatic nitrogens is 7. The van der Waals surface area contributed by atoms with Crippen molar-refractivity contribution in [3.63, 3.8) is 0 Å². The summed E-state index contributed by atoms with van der Waals surface area (Å²) in [5.41, 5.74) is 7.67. The molecule has 6 heterocycles. The fourth-order valence-corrected chi connectivity index (χ4v) is 6.29. The zero-order valence-corrected chi connectivity index (χ0v) is 22.1. The molecule has 6 aromatic rings. The SMILES string of the molecule is Clc1ccc(-c2nccc3[nH]c(-c4n[nH]c5ccc(-c6cncc(CNCC7CCCC7)c6)nc45)nc23)s1.